The first kappa shape index (κ1) is 20.3. The minimum atomic E-state index is -0.164. The molecule has 5 heteroatoms. The lowest BCUT2D eigenvalue weighted by Crippen LogP contribution is -2.39. The van der Waals surface area contributed by atoms with Crippen molar-refractivity contribution in [1.29, 1.82) is 0 Å². The van der Waals surface area contributed by atoms with Crippen LogP contribution < -0.4 is 11.1 Å². The molecule has 1 aromatic heterocycles. The molecule has 0 saturated carbocycles. The Morgan fingerprint density at radius 3 is 2.52 bits per heavy atom. The molecular weight excluding hydrogens is 360 g/mol. The molecule has 2 heterocycles. The van der Waals surface area contributed by atoms with Gasteiger partial charge in [-0.3, -0.25) is 14.7 Å². The monoisotopic (exact) mass is 386 g/mol. The number of nitrogens with two attached hydrogens (primary N) is 1. The minimum absolute atomic E-state index is 0. The third-order valence-electron chi connectivity index (χ3n) is 4.74. The first-order valence-electron chi connectivity index (χ1n) is 9.24. The predicted octanol–water partition coefficient (Wildman–Crippen LogP) is 4.45. The van der Waals surface area contributed by atoms with Crippen molar-refractivity contribution in [2.75, 3.05) is 24.1 Å². The van der Waals surface area contributed by atoms with Gasteiger partial charge < -0.3 is 11.1 Å². The van der Waals surface area contributed by atoms with Crippen LogP contribution in [-0.4, -0.2) is 28.9 Å². The van der Waals surface area contributed by atoms with Gasteiger partial charge in [-0.05, 0) is 47.0 Å². The number of carbonyl (C=O) groups is 1. The van der Waals surface area contributed by atoms with Gasteiger partial charge in [0.15, 0.2) is 0 Å². The number of rotatable bonds is 5. The van der Waals surface area contributed by atoms with E-state index in [1.54, 1.807) is 18.3 Å². The number of pyridine rings is 1. The van der Waals surface area contributed by atoms with E-state index in [-0.39, 0.29) is 13.3 Å². The molecular formula is C24H26N4O. The molecule has 1 aliphatic rings. The smallest absolute Gasteiger partial charge is 0.255 e. The van der Waals surface area contributed by atoms with Crippen molar-refractivity contribution in [2.24, 2.45) is 0 Å². The standard InChI is InChI=1S/C23H22N4O.CH4/c24-21-5-1-2-6-22(21)26-23(28)20-9-7-17(8-10-20)12-19-15-27(16-19)14-18-4-3-11-25-13-18;/h1-13H,14-16,24H2,(H,26,28);1H4. The van der Waals surface area contributed by atoms with E-state index >= 15 is 0 Å². The molecule has 3 N–H and O–H groups in total. The maximum atomic E-state index is 12.4. The van der Waals surface area contributed by atoms with Gasteiger partial charge >= 0.3 is 0 Å². The lowest BCUT2D eigenvalue weighted by atomic mass is 10.0. The summed E-state index contributed by atoms with van der Waals surface area (Å²) in [6.07, 6.45) is 5.90. The summed E-state index contributed by atoms with van der Waals surface area (Å²) in [4.78, 5) is 18.9. The molecule has 2 aromatic carbocycles. The van der Waals surface area contributed by atoms with Crippen molar-refractivity contribution in [2.45, 2.75) is 14.0 Å². The van der Waals surface area contributed by atoms with E-state index in [4.69, 9.17) is 5.73 Å². The number of anilines is 2. The van der Waals surface area contributed by atoms with E-state index in [2.05, 4.69) is 27.3 Å². The summed E-state index contributed by atoms with van der Waals surface area (Å²) in [6.45, 7) is 2.85. The molecule has 148 valence electrons. The number of hydrogen-bond acceptors (Lipinski definition) is 4. The Morgan fingerprint density at radius 2 is 1.83 bits per heavy atom. The quantitative estimate of drug-likeness (QED) is 0.636. The van der Waals surface area contributed by atoms with Gasteiger partial charge in [-0.25, -0.2) is 0 Å². The molecule has 1 aliphatic heterocycles. The average molecular weight is 386 g/mol. The van der Waals surface area contributed by atoms with Gasteiger partial charge in [0.05, 0.1) is 11.4 Å². The lowest BCUT2D eigenvalue weighted by molar-refractivity contribution is 0.102. The largest absolute Gasteiger partial charge is 0.397 e. The second kappa shape index (κ2) is 9.17. The molecule has 29 heavy (non-hydrogen) atoms. The van der Waals surface area contributed by atoms with Gasteiger partial charge in [-0.15, -0.1) is 0 Å². The topological polar surface area (TPSA) is 71.2 Å². The van der Waals surface area contributed by atoms with Gasteiger partial charge in [-0.2, -0.15) is 0 Å². The van der Waals surface area contributed by atoms with Crippen LogP contribution in [0.15, 0.2) is 78.6 Å². The van der Waals surface area contributed by atoms with Gasteiger partial charge in [0.2, 0.25) is 0 Å². The number of amides is 1. The number of hydrogen-bond donors (Lipinski definition) is 2. The van der Waals surface area contributed by atoms with Crippen LogP contribution in [0.3, 0.4) is 0 Å². The van der Waals surface area contributed by atoms with Gasteiger partial charge in [-0.1, -0.05) is 43.8 Å². The zero-order valence-electron chi connectivity index (χ0n) is 15.5. The fourth-order valence-electron chi connectivity index (χ4n) is 3.25. The molecule has 0 radical (unpaired) electrons. The van der Waals surface area contributed by atoms with Crippen LogP contribution in [0.4, 0.5) is 11.4 Å². The molecule has 0 atom stereocenters. The highest BCUT2D eigenvalue weighted by Crippen LogP contribution is 2.21. The first-order chi connectivity index (χ1) is 13.7. The van der Waals surface area contributed by atoms with Gasteiger partial charge in [0, 0.05) is 37.6 Å². The number of nitrogens with zero attached hydrogens (tertiary/aromatic N) is 2. The van der Waals surface area contributed by atoms with Crippen molar-refractivity contribution >= 4 is 23.4 Å². The van der Waals surface area contributed by atoms with E-state index in [0.29, 0.717) is 16.9 Å². The first-order valence-corrected chi connectivity index (χ1v) is 9.24. The summed E-state index contributed by atoms with van der Waals surface area (Å²) in [5.74, 6) is -0.164. The van der Waals surface area contributed by atoms with Crippen molar-refractivity contribution in [3.63, 3.8) is 0 Å². The molecule has 1 amide bonds. The SMILES string of the molecule is C.Nc1ccccc1NC(=O)c1ccc(C=C2CN(Cc3cccnc3)C2)cc1. The minimum Gasteiger partial charge on any atom is -0.397 e. The van der Waals surface area contributed by atoms with Crippen LogP contribution >= 0.6 is 0 Å². The lowest BCUT2D eigenvalue weighted by Gasteiger charge is -2.34. The Hall–Kier alpha value is -3.44. The van der Waals surface area contributed by atoms with E-state index in [9.17, 15) is 4.79 Å². The molecule has 1 saturated heterocycles. The van der Waals surface area contributed by atoms with E-state index < -0.39 is 0 Å². The summed E-state index contributed by atoms with van der Waals surface area (Å²) >= 11 is 0. The van der Waals surface area contributed by atoms with E-state index in [1.165, 1.54) is 11.1 Å². The second-order valence-corrected chi connectivity index (χ2v) is 6.97. The maximum absolute atomic E-state index is 12.4. The predicted molar refractivity (Wildman–Crippen MR) is 119 cm³/mol. The van der Waals surface area contributed by atoms with Crippen molar-refractivity contribution in [1.82, 2.24) is 9.88 Å². The normalized spacial score (nSPS) is 13.2. The number of aromatic nitrogens is 1. The van der Waals surface area contributed by atoms with Crippen LogP contribution in [0, 0.1) is 0 Å². The van der Waals surface area contributed by atoms with E-state index in [0.717, 1.165) is 25.2 Å². The number of benzene rings is 2. The number of nitrogens with one attached hydrogen (secondary N) is 1. The highest BCUT2D eigenvalue weighted by Gasteiger charge is 2.19. The molecule has 5 nitrogen and oxygen atoms in total. The van der Waals surface area contributed by atoms with E-state index in [1.807, 2.05) is 48.7 Å². The Kier molecular flexibility index (Phi) is 6.42. The molecule has 0 bridgehead atoms. The third kappa shape index (κ3) is 5.09. The van der Waals surface area contributed by atoms with Crippen molar-refractivity contribution < 1.29 is 4.79 Å². The average Bonchev–Trinajstić information content (AvgIpc) is 2.69. The summed E-state index contributed by atoms with van der Waals surface area (Å²) in [5, 5.41) is 2.85. The van der Waals surface area contributed by atoms with Crippen molar-refractivity contribution in [3.05, 3.63) is 95.3 Å². The number of likely N-dealkylation sites (tertiary alicyclic amines) is 1. The number of nitrogen functional groups attached to an aromatic ring is 1. The van der Waals surface area contributed by atoms with Crippen LogP contribution in [0.2, 0.25) is 0 Å². The fourth-order valence-corrected chi connectivity index (χ4v) is 3.25. The van der Waals surface area contributed by atoms with Gasteiger partial charge in [0.25, 0.3) is 5.91 Å². The zero-order valence-corrected chi connectivity index (χ0v) is 15.5. The van der Waals surface area contributed by atoms with Crippen LogP contribution in [-0.2, 0) is 6.54 Å². The Balaban J connectivity index is 0.00000240. The number of para-hydroxylation sites is 2. The molecule has 3 aromatic rings. The maximum Gasteiger partial charge on any atom is 0.255 e. The molecule has 0 spiro atoms. The van der Waals surface area contributed by atoms with Crippen LogP contribution in [0.1, 0.15) is 28.9 Å². The Morgan fingerprint density at radius 1 is 1.07 bits per heavy atom. The fraction of sp³-hybridized carbons (Fsp3) is 0.167. The second-order valence-electron chi connectivity index (χ2n) is 6.97. The Labute approximate surface area is 171 Å². The third-order valence-corrected chi connectivity index (χ3v) is 4.74. The zero-order chi connectivity index (χ0) is 19.3. The summed E-state index contributed by atoms with van der Waals surface area (Å²) in [6, 6.07) is 18.9. The molecule has 0 unspecified atom stereocenters. The van der Waals surface area contributed by atoms with Crippen LogP contribution in [0.5, 0.6) is 0 Å². The highest BCUT2D eigenvalue weighted by atomic mass is 16.1. The van der Waals surface area contributed by atoms with Gasteiger partial charge in [0.1, 0.15) is 0 Å². The van der Waals surface area contributed by atoms with Crippen LogP contribution in [0.25, 0.3) is 6.08 Å². The van der Waals surface area contributed by atoms with Crippen molar-refractivity contribution in [3.8, 4) is 0 Å². The highest BCUT2D eigenvalue weighted by molar-refractivity contribution is 6.05. The summed E-state index contributed by atoms with van der Waals surface area (Å²) in [5.41, 5.74) is 11.4. The Bertz CT molecular complexity index is 989. The molecule has 1 fully saturated rings. The summed E-state index contributed by atoms with van der Waals surface area (Å²) in [7, 11) is 0. The number of carbonyl (C=O) groups excluding carboxylic acids is 1. The molecule has 4 rings (SSSR count). The molecule has 0 aliphatic carbocycles. The summed E-state index contributed by atoms with van der Waals surface area (Å²) < 4.78 is 0.